The van der Waals surface area contributed by atoms with Crippen LogP contribution in [-0.2, 0) is 6.61 Å². The van der Waals surface area contributed by atoms with Gasteiger partial charge in [-0.1, -0.05) is 0 Å². The Balaban J connectivity index is 0.000000640. The molecule has 0 aliphatic rings. The van der Waals surface area contributed by atoms with Crippen LogP contribution in [0.3, 0.4) is 0 Å². The molecule has 2 heteroatoms. The van der Waals surface area contributed by atoms with Crippen molar-refractivity contribution < 1.29 is 56.5 Å². The van der Waals surface area contributed by atoms with Crippen LogP contribution in [0.5, 0.6) is 0 Å². The van der Waals surface area contributed by atoms with Crippen molar-refractivity contribution in [2.75, 3.05) is 0 Å². The third kappa shape index (κ3) is 3.50. The first-order valence-electron chi connectivity index (χ1n) is 2.49. The Bertz CT molecular complexity index is 150. The zero-order valence-electron chi connectivity index (χ0n) is 5.46. The van der Waals surface area contributed by atoms with Gasteiger partial charge in [-0.05, 0) is 0 Å². The van der Waals surface area contributed by atoms with Gasteiger partial charge in [0.1, 0.15) is 0 Å². The molecule has 1 nitrogen and oxygen atoms in total. The minimum atomic E-state index is 0. The molecule has 0 aliphatic heterocycles. The number of hydrogen-bond donors (Lipinski definition) is 1. The number of rotatable bonds is 1. The molecule has 42 valence electrons. The van der Waals surface area contributed by atoms with E-state index >= 15 is 0 Å². The van der Waals surface area contributed by atoms with Crippen LogP contribution in [-0.4, -0.2) is 5.11 Å². The van der Waals surface area contributed by atoms with Gasteiger partial charge in [-0.25, -0.2) is 0 Å². The topological polar surface area (TPSA) is 20.2 Å². The third-order valence-corrected chi connectivity index (χ3v) is 0.970. The van der Waals surface area contributed by atoms with E-state index in [1.165, 1.54) is 0 Å². The molecule has 1 rings (SSSR count). The molecule has 0 saturated heterocycles. The maximum atomic E-state index is 8.52. The molecule has 0 heterocycles. The standard InChI is InChI=1S/C7H7O.K/c8-6-7-4-2-1-3-5-7;/h2-5,8H,6H2;/q-1;+1. The first-order chi connectivity index (χ1) is 3.93. The average molecular weight is 146 g/mol. The van der Waals surface area contributed by atoms with Gasteiger partial charge in [-0.3, -0.25) is 0 Å². The SMILES string of the molecule is OCc1cc[c-]cc1.[K+]. The summed E-state index contributed by atoms with van der Waals surface area (Å²) in [6, 6.07) is 10.1. The smallest absolute Gasteiger partial charge is 0.394 e. The molecule has 0 bridgehead atoms. The Hall–Kier alpha value is 0.816. The van der Waals surface area contributed by atoms with Crippen molar-refractivity contribution in [2.45, 2.75) is 6.61 Å². The summed E-state index contributed by atoms with van der Waals surface area (Å²) in [6.07, 6.45) is 0. The average Bonchev–Trinajstić information content (AvgIpc) is 1.90. The van der Waals surface area contributed by atoms with E-state index in [1.807, 2.05) is 12.1 Å². The van der Waals surface area contributed by atoms with Crippen LogP contribution in [0.4, 0.5) is 0 Å². The Labute approximate surface area is 97.5 Å². The Morgan fingerprint density at radius 3 is 2.22 bits per heavy atom. The van der Waals surface area contributed by atoms with Crippen LogP contribution in [0.2, 0.25) is 0 Å². The van der Waals surface area contributed by atoms with Gasteiger partial charge >= 0.3 is 51.4 Å². The molecule has 0 amide bonds. The van der Waals surface area contributed by atoms with Crippen LogP contribution in [0.15, 0.2) is 24.3 Å². The summed E-state index contributed by atoms with van der Waals surface area (Å²) < 4.78 is 0. The van der Waals surface area contributed by atoms with Gasteiger partial charge in [-0.15, -0.1) is 5.56 Å². The monoisotopic (exact) mass is 146 g/mol. The van der Waals surface area contributed by atoms with Gasteiger partial charge in [0.15, 0.2) is 0 Å². The van der Waals surface area contributed by atoms with E-state index in [4.69, 9.17) is 5.11 Å². The summed E-state index contributed by atoms with van der Waals surface area (Å²) in [5.41, 5.74) is 0.934. The van der Waals surface area contributed by atoms with Gasteiger partial charge in [0.2, 0.25) is 0 Å². The van der Waals surface area contributed by atoms with E-state index in [2.05, 4.69) is 6.07 Å². The second-order valence-corrected chi connectivity index (χ2v) is 1.57. The fourth-order valence-electron chi connectivity index (χ4n) is 0.527. The summed E-state index contributed by atoms with van der Waals surface area (Å²) in [4.78, 5) is 0. The van der Waals surface area contributed by atoms with Gasteiger partial charge in [0.25, 0.3) is 0 Å². The van der Waals surface area contributed by atoms with Crippen LogP contribution < -0.4 is 51.4 Å². The fraction of sp³-hybridized carbons (Fsp3) is 0.143. The van der Waals surface area contributed by atoms with Crippen LogP contribution in [0.1, 0.15) is 5.56 Å². The summed E-state index contributed by atoms with van der Waals surface area (Å²) in [7, 11) is 0. The molecule has 0 aliphatic carbocycles. The summed E-state index contributed by atoms with van der Waals surface area (Å²) in [5.74, 6) is 0. The van der Waals surface area contributed by atoms with E-state index in [9.17, 15) is 0 Å². The van der Waals surface area contributed by atoms with E-state index in [0.717, 1.165) is 5.56 Å². The molecule has 0 radical (unpaired) electrons. The summed E-state index contributed by atoms with van der Waals surface area (Å²) in [6.45, 7) is 0.120. The summed E-state index contributed by atoms with van der Waals surface area (Å²) in [5, 5.41) is 8.52. The predicted molar refractivity (Wildman–Crippen MR) is 31.2 cm³/mol. The van der Waals surface area contributed by atoms with Crippen LogP contribution in [0.25, 0.3) is 0 Å². The molecule has 0 aromatic heterocycles. The number of aliphatic hydroxyl groups is 1. The Morgan fingerprint density at radius 2 is 1.89 bits per heavy atom. The maximum absolute atomic E-state index is 8.52. The van der Waals surface area contributed by atoms with Crippen molar-refractivity contribution in [3.8, 4) is 0 Å². The van der Waals surface area contributed by atoms with E-state index in [0.29, 0.717) is 0 Å². The minimum absolute atomic E-state index is 0. The predicted octanol–water partition coefficient (Wildman–Crippen LogP) is -2.02. The molecular formula is C7H7KO. The van der Waals surface area contributed by atoms with E-state index in [-0.39, 0.29) is 58.0 Å². The quantitative estimate of drug-likeness (QED) is 0.358. The normalized spacial score (nSPS) is 8.11. The number of benzene rings is 1. The Morgan fingerprint density at radius 1 is 1.33 bits per heavy atom. The maximum Gasteiger partial charge on any atom is 1.00 e. The molecule has 0 spiro atoms. The summed E-state index contributed by atoms with van der Waals surface area (Å²) >= 11 is 0. The second-order valence-electron chi connectivity index (χ2n) is 1.57. The molecule has 9 heavy (non-hydrogen) atoms. The largest absolute Gasteiger partial charge is 1.00 e. The van der Waals surface area contributed by atoms with Crippen molar-refractivity contribution >= 4 is 0 Å². The first-order valence-corrected chi connectivity index (χ1v) is 2.49. The third-order valence-electron chi connectivity index (χ3n) is 0.970. The second kappa shape index (κ2) is 5.59. The molecule has 1 aromatic carbocycles. The first kappa shape index (κ1) is 9.82. The van der Waals surface area contributed by atoms with Gasteiger partial charge in [0, 0.05) is 6.61 Å². The molecular weight excluding hydrogens is 139 g/mol. The number of hydrogen-bond acceptors (Lipinski definition) is 1. The Kier molecular flexibility index (Phi) is 6.10. The number of aliphatic hydroxyl groups excluding tert-OH is 1. The van der Waals surface area contributed by atoms with Crippen molar-refractivity contribution in [3.63, 3.8) is 0 Å². The molecule has 1 N–H and O–H groups in total. The van der Waals surface area contributed by atoms with Crippen molar-refractivity contribution in [3.05, 3.63) is 35.9 Å². The van der Waals surface area contributed by atoms with Crippen LogP contribution in [0, 0.1) is 6.07 Å². The molecule has 0 unspecified atom stereocenters. The van der Waals surface area contributed by atoms with Gasteiger partial charge in [-0.2, -0.15) is 30.3 Å². The molecule has 1 aromatic rings. The van der Waals surface area contributed by atoms with Crippen LogP contribution >= 0.6 is 0 Å². The zero-order valence-corrected chi connectivity index (χ0v) is 8.59. The van der Waals surface area contributed by atoms with Gasteiger partial charge < -0.3 is 5.11 Å². The molecule has 0 saturated carbocycles. The van der Waals surface area contributed by atoms with Gasteiger partial charge in [0.05, 0.1) is 0 Å². The van der Waals surface area contributed by atoms with Crippen molar-refractivity contribution in [1.29, 1.82) is 0 Å². The van der Waals surface area contributed by atoms with Crippen molar-refractivity contribution in [2.24, 2.45) is 0 Å². The van der Waals surface area contributed by atoms with E-state index < -0.39 is 0 Å². The zero-order chi connectivity index (χ0) is 5.82. The fourth-order valence-corrected chi connectivity index (χ4v) is 0.527. The molecule has 0 fully saturated rings. The van der Waals surface area contributed by atoms with Crippen molar-refractivity contribution in [1.82, 2.24) is 0 Å². The minimum Gasteiger partial charge on any atom is -0.394 e. The van der Waals surface area contributed by atoms with E-state index in [1.54, 1.807) is 12.1 Å². The molecule has 0 atom stereocenters.